The summed E-state index contributed by atoms with van der Waals surface area (Å²) in [6, 6.07) is 8.08. The summed E-state index contributed by atoms with van der Waals surface area (Å²) in [7, 11) is 0. The molecule has 7 nitrogen and oxygen atoms in total. The third-order valence-corrected chi connectivity index (χ3v) is 6.66. The standard InChI is InChI=1S/C25H33ClN6O/c1-16(2)27-13-22(19-6-8-20(26)9-7-19)25(33)31-11-12-32(18(4)14-31)24-21-10-5-17(3)30-23(21)28-15-29-24/h6-9,15-16,18,22,27H,3,5,10-14H2,1-2,4H3,(H,28,29,30)/t18-,22+/m0/s1. The number of fused-ring (bicyclic) bond motifs is 1. The predicted octanol–water partition coefficient (Wildman–Crippen LogP) is 3.82. The van der Waals surface area contributed by atoms with Crippen LogP contribution in [0.1, 0.15) is 44.2 Å². The van der Waals surface area contributed by atoms with E-state index in [4.69, 9.17) is 11.6 Å². The van der Waals surface area contributed by atoms with Crippen molar-refractivity contribution >= 4 is 29.1 Å². The Morgan fingerprint density at radius 1 is 1.24 bits per heavy atom. The fourth-order valence-electron chi connectivity index (χ4n) is 4.58. The van der Waals surface area contributed by atoms with E-state index in [1.54, 1.807) is 6.33 Å². The monoisotopic (exact) mass is 468 g/mol. The van der Waals surface area contributed by atoms with Gasteiger partial charge in [-0.05, 0) is 37.5 Å². The topological polar surface area (TPSA) is 73.4 Å². The number of nitrogens with one attached hydrogen (secondary N) is 2. The molecule has 176 valence electrons. The first-order valence-corrected chi connectivity index (χ1v) is 12.0. The minimum absolute atomic E-state index is 0.149. The van der Waals surface area contributed by atoms with Crippen molar-refractivity contribution in [2.45, 2.75) is 51.6 Å². The third kappa shape index (κ3) is 5.31. The molecule has 0 spiro atoms. The van der Waals surface area contributed by atoms with E-state index in [1.165, 1.54) is 0 Å². The Bertz CT molecular complexity index is 1010. The van der Waals surface area contributed by atoms with Gasteiger partial charge in [0.1, 0.15) is 18.0 Å². The second kappa shape index (κ2) is 10.1. The van der Waals surface area contributed by atoms with Gasteiger partial charge in [0, 0.05) is 54.5 Å². The van der Waals surface area contributed by atoms with Gasteiger partial charge in [-0.25, -0.2) is 9.97 Å². The summed E-state index contributed by atoms with van der Waals surface area (Å²) in [5, 5.41) is 7.40. The summed E-state index contributed by atoms with van der Waals surface area (Å²) in [6.45, 7) is 13.0. The first-order valence-electron chi connectivity index (χ1n) is 11.7. The Morgan fingerprint density at radius 3 is 2.70 bits per heavy atom. The largest absolute Gasteiger partial charge is 0.350 e. The number of hydrogen-bond acceptors (Lipinski definition) is 6. The number of carbonyl (C=O) groups excluding carboxylic acids is 1. The van der Waals surface area contributed by atoms with E-state index < -0.39 is 0 Å². The predicted molar refractivity (Wildman–Crippen MR) is 134 cm³/mol. The zero-order valence-electron chi connectivity index (χ0n) is 19.6. The molecule has 4 rings (SSSR count). The molecule has 0 radical (unpaired) electrons. The molecule has 2 aromatic rings. The molecular weight excluding hydrogens is 436 g/mol. The van der Waals surface area contributed by atoms with Crippen LogP contribution in [0.3, 0.4) is 0 Å². The molecule has 1 aromatic carbocycles. The summed E-state index contributed by atoms with van der Waals surface area (Å²) in [4.78, 5) is 27.0. The van der Waals surface area contributed by atoms with Crippen molar-refractivity contribution in [3.8, 4) is 0 Å². The molecule has 1 saturated heterocycles. The van der Waals surface area contributed by atoms with Crippen LogP contribution < -0.4 is 15.5 Å². The van der Waals surface area contributed by atoms with Gasteiger partial charge in [0.05, 0.1) is 5.92 Å². The molecular formula is C25H33ClN6O. The number of benzene rings is 1. The van der Waals surface area contributed by atoms with Gasteiger partial charge in [0.15, 0.2) is 0 Å². The van der Waals surface area contributed by atoms with Crippen LogP contribution in [0.5, 0.6) is 0 Å². The van der Waals surface area contributed by atoms with Crippen LogP contribution in [0.2, 0.25) is 5.02 Å². The maximum atomic E-state index is 13.6. The van der Waals surface area contributed by atoms with E-state index in [9.17, 15) is 4.79 Å². The Labute approximate surface area is 201 Å². The number of amides is 1. The number of halogens is 1. The van der Waals surface area contributed by atoms with E-state index in [1.807, 2.05) is 29.2 Å². The maximum Gasteiger partial charge on any atom is 0.231 e. The van der Waals surface area contributed by atoms with Crippen molar-refractivity contribution in [2.24, 2.45) is 0 Å². The first kappa shape index (κ1) is 23.5. The lowest BCUT2D eigenvalue weighted by Gasteiger charge is -2.42. The molecule has 0 bridgehead atoms. The molecule has 0 saturated carbocycles. The van der Waals surface area contributed by atoms with Crippen molar-refractivity contribution in [3.05, 3.63) is 59.0 Å². The summed E-state index contributed by atoms with van der Waals surface area (Å²) in [5.41, 5.74) is 3.11. The summed E-state index contributed by atoms with van der Waals surface area (Å²) in [5.74, 6) is 1.73. The molecule has 0 unspecified atom stereocenters. The van der Waals surface area contributed by atoms with Crippen LogP contribution in [0.15, 0.2) is 42.9 Å². The van der Waals surface area contributed by atoms with Crippen LogP contribution in [-0.4, -0.2) is 59.0 Å². The summed E-state index contributed by atoms with van der Waals surface area (Å²) in [6.07, 6.45) is 3.37. The molecule has 3 heterocycles. The van der Waals surface area contributed by atoms with Gasteiger partial charge in [-0.2, -0.15) is 0 Å². The number of carbonyl (C=O) groups is 1. The lowest BCUT2D eigenvalue weighted by Crippen LogP contribution is -2.55. The van der Waals surface area contributed by atoms with Crippen LogP contribution >= 0.6 is 11.6 Å². The van der Waals surface area contributed by atoms with Crippen LogP contribution in [0.25, 0.3) is 0 Å². The number of aromatic nitrogens is 2. The summed E-state index contributed by atoms with van der Waals surface area (Å²) >= 11 is 6.09. The average Bonchev–Trinajstić information content (AvgIpc) is 2.79. The van der Waals surface area contributed by atoms with Crippen molar-refractivity contribution in [3.63, 3.8) is 0 Å². The molecule has 1 amide bonds. The normalized spacial score (nSPS) is 19.3. The number of hydrogen-bond donors (Lipinski definition) is 2. The van der Waals surface area contributed by atoms with E-state index >= 15 is 0 Å². The van der Waals surface area contributed by atoms with Gasteiger partial charge < -0.3 is 20.4 Å². The van der Waals surface area contributed by atoms with Crippen LogP contribution in [-0.2, 0) is 11.2 Å². The Balaban J connectivity index is 1.50. The highest BCUT2D eigenvalue weighted by Gasteiger charge is 2.33. The molecule has 1 fully saturated rings. The smallest absolute Gasteiger partial charge is 0.231 e. The fraction of sp³-hybridized carbons (Fsp3) is 0.480. The van der Waals surface area contributed by atoms with Crippen molar-refractivity contribution in [2.75, 3.05) is 36.4 Å². The highest BCUT2D eigenvalue weighted by Crippen LogP contribution is 2.32. The lowest BCUT2D eigenvalue weighted by molar-refractivity contribution is -0.133. The van der Waals surface area contributed by atoms with Gasteiger partial charge >= 0.3 is 0 Å². The minimum Gasteiger partial charge on any atom is -0.350 e. The van der Waals surface area contributed by atoms with Gasteiger partial charge in [-0.3, -0.25) is 4.79 Å². The summed E-state index contributed by atoms with van der Waals surface area (Å²) < 4.78 is 0. The number of anilines is 2. The molecule has 1 aromatic heterocycles. The first-order chi connectivity index (χ1) is 15.8. The van der Waals surface area contributed by atoms with Gasteiger partial charge in [0.25, 0.3) is 0 Å². The van der Waals surface area contributed by atoms with Gasteiger partial charge in [-0.1, -0.05) is 44.2 Å². The third-order valence-electron chi connectivity index (χ3n) is 6.41. The molecule has 2 aliphatic rings. The maximum absolute atomic E-state index is 13.6. The van der Waals surface area contributed by atoms with Crippen molar-refractivity contribution in [1.82, 2.24) is 20.2 Å². The molecule has 2 N–H and O–H groups in total. The highest BCUT2D eigenvalue weighted by molar-refractivity contribution is 6.30. The van der Waals surface area contributed by atoms with Crippen molar-refractivity contribution in [1.29, 1.82) is 0 Å². The number of piperazine rings is 1. The second-order valence-corrected chi connectivity index (χ2v) is 9.68. The van der Waals surface area contributed by atoms with Crippen LogP contribution in [0.4, 0.5) is 11.6 Å². The molecule has 0 aliphatic carbocycles. The average molecular weight is 469 g/mol. The Hall–Kier alpha value is -2.64. The molecule has 2 aliphatic heterocycles. The fourth-order valence-corrected chi connectivity index (χ4v) is 4.71. The number of allylic oxidation sites excluding steroid dienone is 1. The highest BCUT2D eigenvalue weighted by atomic mass is 35.5. The van der Waals surface area contributed by atoms with E-state index in [-0.39, 0.29) is 17.9 Å². The van der Waals surface area contributed by atoms with E-state index in [0.29, 0.717) is 30.7 Å². The van der Waals surface area contributed by atoms with Crippen LogP contribution in [0, 0.1) is 0 Å². The molecule has 8 heteroatoms. The number of rotatable bonds is 6. The van der Waals surface area contributed by atoms with E-state index in [2.05, 4.69) is 52.9 Å². The SMILES string of the molecule is C=C1CCc2c(ncnc2N2CCN(C(=O)[C@H](CNC(C)C)c3ccc(Cl)cc3)C[C@@H]2C)N1. The Kier molecular flexibility index (Phi) is 7.20. The van der Waals surface area contributed by atoms with E-state index in [0.717, 1.165) is 47.8 Å². The quantitative estimate of drug-likeness (QED) is 0.671. The Morgan fingerprint density at radius 2 is 2.00 bits per heavy atom. The van der Waals surface area contributed by atoms with Gasteiger partial charge in [-0.15, -0.1) is 0 Å². The zero-order valence-corrected chi connectivity index (χ0v) is 20.4. The van der Waals surface area contributed by atoms with Crippen molar-refractivity contribution < 1.29 is 4.79 Å². The number of nitrogens with zero attached hydrogens (tertiary/aromatic N) is 4. The lowest BCUT2D eigenvalue weighted by atomic mass is 9.96. The molecule has 2 atom stereocenters. The minimum atomic E-state index is -0.245. The zero-order chi connectivity index (χ0) is 23.5. The molecule has 33 heavy (non-hydrogen) atoms. The second-order valence-electron chi connectivity index (χ2n) is 9.25. The van der Waals surface area contributed by atoms with Gasteiger partial charge in [0.2, 0.25) is 5.91 Å².